The molecule has 0 amide bonds. The van der Waals surface area contributed by atoms with Crippen molar-refractivity contribution in [3.05, 3.63) is 46.5 Å². The van der Waals surface area contributed by atoms with E-state index in [0.29, 0.717) is 10.2 Å². The second-order valence-corrected chi connectivity index (χ2v) is 6.61. The number of nitrogens with one attached hydrogen (secondary N) is 1. The number of nitrogens with zero attached hydrogens (tertiary/aromatic N) is 2. The Kier molecular flexibility index (Phi) is 4.36. The Morgan fingerprint density at radius 3 is 2.55 bits per heavy atom. The summed E-state index contributed by atoms with van der Waals surface area (Å²) >= 11 is 3.30. The fourth-order valence-corrected chi connectivity index (χ4v) is 3.78. The van der Waals surface area contributed by atoms with Crippen LogP contribution < -0.4 is 10.5 Å². The van der Waals surface area contributed by atoms with Crippen molar-refractivity contribution in [3.8, 4) is 0 Å². The third-order valence-electron chi connectivity index (χ3n) is 2.62. The maximum Gasteiger partial charge on any atom is 0.263 e. The van der Waals surface area contributed by atoms with Crippen LogP contribution in [-0.2, 0) is 16.6 Å². The summed E-state index contributed by atoms with van der Waals surface area (Å²) in [6.45, 7) is 2.08. The molecule has 0 aliphatic carbocycles. The average Bonchev–Trinajstić information content (AvgIpc) is 2.42. The monoisotopic (exact) mass is 356 g/mol. The number of hydrogen-bond donors (Lipinski definition) is 2. The van der Waals surface area contributed by atoms with Crippen LogP contribution in [0.15, 0.2) is 40.2 Å². The van der Waals surface area contributed by atoms with Gasteiger partial charge in [-0.1, -0.05) is 6.07 Å². The van der Waals surface area contributed by atoms with Gasteiger partial charge in [0.15, 0.2) is 0 Å². The topological polar surface area (TPSA) is 98.0 Å². The highest BCUT2D eigenvalue weighted by atomic mass is 79.9. The summed E-state index contributed by atoms with van der Waals surface area (Å²) in [6.07, 6.45) is 4.10. The van der Waals surface area contributed by atoms with Crippen molar-refractivity contribution in [2.45, 2.75) is 18.4 Å². The predicted molar refractivity (Wildman–Crippen MR) is 79.6 cm³/mol. The third-order valence-corrected chi connectivity index (χ3v) is 5.34. The van der Waals surface area contributed by atoms with E-state index in [4.69, 9.17) is 5.73 Å². The maximum absolute atomic E-state index is 12.4. The van der Waals surface area contributed by atoms with Crippen molar-refractivity contribution in [2.24, 2.45) is 5.73 Å². The molecule has 106 valence electrons. The smallest absolute Gasteiger partial charge is 0.263 e. The zero-order chi connectivity index (χ0) is 14.8. The highest BCUT2D eigenvalue weighted by molar-refractivity contribution is 9.10. The van der Waals surface area contributed by atoms with Crippen LogP contribution in [0.1, 0.15) is 11.1 Å². The maximum atomic E-state index is 12.4. The fraction of sp³-hybridized carbons (Fsp3) is 0.167. The van der Waals surface area contributed by atoms with E-state index in [2.05, 4.69) is 30.6 Å². The van der Waals surface area contributed by atoms with Gasteiger partial charge in [-0.25, -0.2) is 18.4 Å². The summed E-state index contributed by atoms with van der Waals surface area (Å²) in [4.78, 5) is 7.67. The Balaban J connectivity index is 2.47. The number of hydrogen-bond acceptors (Lipinski definition) is 5. The summed E-state index contributed by atoms with van der Waals surface area (Å²) in [5, 5.41) is 0. The van der Waals surface area contributed by atoms with Crippen LogP contribution in [0.4, 0.5) is 5.69 Å². The molecule has 0 saturated heterocycles. The fourth-order valence-electron chi connectivity index (χ4n) is 1.68. The summed E-state index contributed by atoms with van der Waals surface area (Å²) in [5.41, 5.74) is 7.43. The van der Waals surface area contributed by atoms with Crippen molar-refractivity contribution >= 4 is 31.6 Å². The molecule has 0 aliphatic heterocycles. The van der Waals surface area contributed by atoms with Gasteiger partial charge in [0.25, 0.3) is 10.0 Å². The normalized spacial score (nSPS) is 11.3. The van der Waals surface area contributed by atoms with Crippen LogP contribution in [0.3, 0.4) is 0 Å². The van der Waals surface area contributed by atoms with Crippen LogP contribution >= 0.6 is 15.9 Å². The van der Waals surface area contributed by atoms with Crippen LogP contribution in [-0.4, -0.2) is 18.4 Å². The molecule has 0 saturated carbocycles. The quantitative estimate of drug-likeness (QED) is 0.870. The lowest BCUT2D eigenvalue weighted by atomic mass is 10.1. The largest absolute Gasteiger partial charge is 0.326 e. The van der Waals surface area contributed by atoms with Crippen LogP contribution in [0.25, 0.3) is 0 Å². The predicted octanol–water partition coefficient (Wildman–Crippen LogP) is 1.81. The number of benzene rings is 1. The van der Waals surface area contributed by atoms with Crippen LogP contribution in [0, 0.1) is 6.92 Å². The lowest BCUT2D eigenvalue weighted by molar-refractivity contribution is 0.600. The van der Waals surface area contributed by atoms with Gasteiger partial charge in [-0.2, -0.15) is 0 Å². The Morgan fingerprint density at radius 1 is 1.30 bits per heavy atom. The lowest BCUT2D eigenvalue weighted by Crippen LogP contribution is -2.15. The van der Waals surface area contributed by atoms with Crippen molar-refractivity contribution < 1.29 is 8.42 Å². The van der Waals surface area contributed by atoms with Gasteiger partial charge in [0.2, 0.25) is 0 Å². The molecule has 1 heterocycles. The molecule has 6 nitrogen and oxygen atoms in total. The molecule has 0 atom stereocenters. The number of anilines is 1. The SMILES string of the molecule is Cc1cc(CN)cc(S(=O)(=O)Nc2cncnc2)c1Br. The van der Waals surface area contributed by atoms with E-state index in [9.17, 15) is 8.42 Å². The molecule has 0 spiro atoms. The Morgan fingerprint density at radius 2 is 1.95 bits per heavy atom. The number of aromatic nitrogens is 2. The number of halogens is 1. The van der Waals surface area contributed by atoms with Gasteiger partial charge < -0.3 is 5.73 Å². The van der Waals surface area contributed by atoms with Crippen molar-refractivity contribution in [1.82, 2.24) is 9.97 Å². The zero-order valence-corrected chi connectivity index (χ0v) is 13.1. The first-order valence-electron chi connectivity index (χ1n) is 5.71. The van der Waals surface area contributed by atoms with E-state index in [1.165, 1.54) is 18.7 Å². The standard InChI is InChI=1S/C12H13BrN4O2S/c1-8-2-9(4-14)3-11(12(8)13)20(18,19)17-10-5-15-7-16-6-10/h2-3,5-7,17H,4,14H2,1H3. The van der Waals surface area contributed by atoms with E-state index >= 15 is 0 Å². The van der Waals surface area contributed by atoms with Crippen LogP contribution in [0.2, 0.25) is 0 Å². The lowest BCUT2D eigenvalue weighted by Gasteiger charge is -2.12. The minimum Gasteiger partial charge on any atom is -0.326 e. The first-order valence-corrected chi connectivity index (χ1v) is 7.98. The minimum atomic E-state index is -3.73. The summed E-state index contributed by atoms with van der Waals surface area (Å²) in [5.74, 6) is 0. The molecule has 0 fully saturated rings. The second kappa shape index (κ2) is 5.86. The molecule has 0 aliphatic rings. The van der Waals surface area contributed by atoms with Crippen LogP contribution in [0.5, 0.6) is 0 Å². The molecule has 2 aromatic rings. The van der Waals surface area contributed by atoms with Crippen molar-refractivity contribution in [1.29, 1.82) is 0 Å². The van der Waals surface area contributed by atoms with Gasteiger partial charge in [0, 0.05) is 11.0 Å². The van der Waals surface area contributed by atoms with Gasteiger partial charge in [0.1, 0.15) is 11.2 Å². The van der Waals surface area contributed by atoms with Gasteiger partial charge >= 0.3 is 0 Å². The molecule has 8 heteroatoms. The van der Waals surface area contributed by atoms with Gasteiger partial charge in [-0.15, -0.1) is 0 Å². The molecular formula is C12H13BrN4O2S. The first-order chi connectivity index (χ1) is 9.44. The minimum absolute atomic E-state index is 0.141. The van der Waals surface area contributed by atoms with E-state index < -0.39 is 10.0 Å². The molecule has 0 unspecified atom stereocenters. The van der Waals surface area contributed by atoms with Gasteiger partial charge in [-0.3, -0.25) is 4.72 Å². The Labute approximate surface area is 125 Å². The number of aryl methyl sites for hydroxylation is 1. The summed E-state index contributed by atoms with van der Waals surface area (Å²) < 4.78 is 27.8. The third kappa shape index (κ3) is 3.14. The molecule has 1 aromatic carbocycles. The van der Waals surface area contributed by atoms with Gasteiger partial charge in [-0.05, 0) is 40.0 Å². The van der Waals surface area contributed by atoms with E-state index in [1.807, 2.05) is 13.0 Å². The highest BCUT2D eigenvalue weighted by Crippen LogP contribution is 2.28. The highest BCUT2D eigenvalue weighted by Gasteiger charge is 2.20. The van der Waals surface area contributed by atoms with Crippen molar-refractivity contribution in [2.75, 3.05) is 4.72 Å². The van der Waals surface area contributed by atoms with Gasteiger partial charge in [0.05, 0.1) is 18.1 Å². The molecule has 2 rings (SSSR count). The van der Waals surface area contributed by atoms with E-state index in [0.717, 1.165) is 11.1 Å². The summed E-state index contributed by atoms with van der Waals surface area (Å²) in [7, 11) is -3.73. The molecule has 1 aromatic heterocycles. The molecular weight excluding hydrogens is 344 g/mol. The molecule has 0 bridgehead atoms. The zero-order valence-electron chi connectivity index (χ0n) is 10.7. The van der Waals surface area contributed by atoms with E-state index in [-0.39, 0.29) is 11.4 Å². The average molecular weight is 357 g/mol. The second-order valence-electron chi connectivity index (χ2n) is 4.16. The van der Waals surface area contributed by atoms with E-state index in [1.54, 1.807) is 6.07 Å². The molecule has 3 N–H and O–H groups in total. The van der Waals surface area contributed by atoms with Crippen molar-refractivity contribution in [3.63, 3.8) is 0 Å². The number of nitrogens with two attached hydrogens (primary N) is 1. The summed E-state index contributed by atoms with van der Waals surface area (Å²) in [6, 6.07) is 3.39. The Hall–Kier alpha value is -1.51. The molecule has 20 heavy (non-hydrogen) atoms. The first kappa shape index (κ1) is 14.9. The molecule has 0 radical (unpaired) electrons. The number of sulfonamides is 1. The Bertz CT molecular complexity index is 720. The number of rotatable bonds is 4.